The molecule has 2 N–H and O–H groups in total. The average Bonchev–Trinajstić information content (AvgIpc) is 3.48. The molecule has 0 spiro atoms. The summed E-state index contributed by atoms with van der Waals surface area (Å²) >= 11 is 0. The fourth-order valence-corrected chi connectivity index (χ4v) is 5.31. The van der Waals surface area contributed by atoms with Gasteiger partial charge in [-0.2, -0.15) is 0 Å². The van der Waals surface area contributed by atoms with Crippen molar-refractivity contribution in [1.82, 2.24) is 33.1 Å². The molecule has 4 heterocycles. The predicted molar refractivity (Wildman–Crippen MR) is 138 cm³/mol. The van der Waals surface area contributed by atoms with Gasteiger partial charge >= 0.3 is 5.69 Å². The number of imidazole rings is 2. The second-order valence-electron chi connectivity index (χ2n) is 10.1. The molecule has 1 saturated heterocycles. The molecule has 202 valence electrons. The molecule has 38 heavy (non-hydrogen) atoms. The Morgan fingerprint density at radius 2 is 1.95 bits per heavy atom. The molecule has 4 aromatic rings. The first-order valence-corrected chi connectivity index (χ1v) is 12.3. The summed E-state index contributed by atoms with van der Waals surface area (Å²) in [5, 5.41) is 22.5. The molecule has 3 atom stereocenters. The summed E-state index contributed by atoms with van der Waals surface area (Å²) in [6.45, 7) is 2.62. The first-order valence-electron chi connectivity index (χ1n) is 12.3. The summed E-state index contributed by atoms with van der Waals surface area (Å²) in [6, 6.07) is 4.42. The number of methoxy groups -OCH3 is 1. The number of aliphatic hydroxyl groups excluding tert-OH is 1. The number of hydrogen-bond acceptors (Lipinski definition) is 8. The zero-order valence-electron chi connectivity index (χ0n) is 21.7. The van der Waals surface area contributed by atoms with E-state index < -0.39 is 29.0 Å². The van der Waals surface area contributed by atoms with Gasteiger partial charge in [0.15, 0.2) is 11.2 Å². The fraction of sp³-hybridized carbons (Fsp3) is 0.480. The Morgan fingerprint density at radius 3 is 2.68 bits per heavy atom. The topological polar surface area (TPSA) is 150 Å². The van der Waals surface area contributed by atoms with E-state index in [0.717, 1.165) is 10.1 Å². The van der Waals surface area contributed by atoms with Gasteiger partial charge in [-0.15, -0.1) is 0 Å². The van der Waals surface area contributed by atoms with Gasteiger partial charge in [0.2, 0.25) is 0 Å². The van der Waals surface area contributed by atoms with Gasteiger partial charge in [-0.05, 0) is 31.5 Å². The predicted octanol–water partition coefficient (Wildman–Crippen LogP) is -0.371. The molecule has 1 aromatic carbocycles. The van der Waals surface area contributed by atoms with Crippen LogP contribution in [0.5, 0.6) is 0 Å². The zero-order valence-corrected chi connectivity index (χ0v) is 21.7. The zero-order chi connectivity index (χ0) is 27.4. The molecule has 0 radical (unpaired) electrons. The molecule has 0 unspecified atom stereocenters. The number of hydrogen-bond donors (Lipinski definition) is 2. The van der Waals surface area contributed by atoms with Crippen LogP contribution in [0.15, 0.2) is 40.4 Å². The Kier molecular flexibility index (Phi) is 6.45. The third-order valence-electron chi connectivity index (χ3n) is 7.36. The van der Waals surface area contributed by atoms with Crippen LogP contribution < -0.4 is 11.2 Å². The number of aliphatic hydroxyl groups is 2. The Morgan fingerprint density at radius 1 is 1.18 bits per heavy atom. The molecule has 0 saturated carbocycles. The van der Waals surface area contributed by atoms with Crippen LogP contribution in [0.4, 0.5) is 0 Å². The van der Waals surface area contributed by atoms with Crippen molar-refractivity contribution in [2.45, 2.75) is 37.6 Å². The number of ether oxygens (including phenoxy) is 1. The minimum absolute atomic E-state index is 0.00503. The lowest BCUT2D eigenvalue weighted by Crippen LogP contribution is -2.47. The highest BCUT2D eigenvalue weighted by atomic mass is 16.5. The molecule has 13 heteroatoms. The second-order valence-corrected chi connectivity index (χ2v) is 10.1. The van der Waals surface area contributed by atoms with Gasteiger partial charge in [0, 0.05) is 39.9 Å². The number of aromatic nitrogens is 6. The molecule has 0 bridgehead atoms. The van der Waals surface area contributed by atoms with Crippen molar-refractivity contribution in [3.8, 4) is 0 Å². The van der Waals surface area contributed by atoms with Crippen LogP contribution in [0, 0.1) is 0 Å². The van der Waals surface area contributed by atoms with Crippen molar-refractivity contribution in [1.29, 1.82) is 0 Å². The Bertz CT molecular complexity index is 1650. The Hall–Kier alpha value is -3.81. The maximum absolute atomic E-state index is 13.5. The number of rotatable bonds is 5. The summed E-state index contributed by atoms with van der Waals surface area (Å²) in [4.78, 5) is 48.9. The summed E-state index contributed by atoms with van der Waals surface area (Å²) in [5.41, 5.74) is -0.387. The van der Waals surface area contributed by atoms with Gasteiger partial charge in [-0.1, -0.05) is 0 Å². The highest BCUT2D eigenvalue weighted by molar-refractivity contribution is 5.97. The van der Waals surface area contributed by atoms with Gasteiger partial charge in [-0.3, -0.25) is 18.7 Å². The van der Waals surface area contributed by atoms with Crippen molar-refractivity contribution in [3.05, 3.63) is 57.3 Å². The lowest BCUT2D eigenvalue weighted by atomic mass is 9.92. The summed E-state index contributed by atoms with van der Waals surface area (Å²) < 4.78 is 10.8. The highest BCUT2D eigenvalue weighted by Gasteiger charge is 2.42. The lowest BCUT2D eigenvalue weighted by Gasteiger charge is -2.34. The third-order valence-corrected chi connectivity index (χ3v) is 7.36. The summed E-state index contributed by atoms with van der Waals surface area (Å²) in [6.07, 6.45) is 2.17. The summed E-state index contributed by atoms with van der Waals surface area (Å²) in [5.74, 6) is -0.355. The monoisotopic (exact) mass is 525 g/mol. The van der Waals surface area contributed by atoms with Gasteiger partial charge in [0.1, 0.15) is 5.60 Å². The minimum atomic E-state index is -1.54. The van der Waals surface area contributed by atoms with E-state index in [4.69, 9.17) is 4.74 Å². The molecule has 3 aromatic heterocycles. The minimum Gasteiger partial charge on any atom is -0.391 e. The maximum atomic E-state index is 13.5. The van der Waals surface area contributed by atoms with E-state index in [-0.39, 0.29) is 36.6 Å². The molecular weight excluding hydrogens is 494 g/mol. The highest BCUT2D eigenvalue weighted by Crippen LogP contribution is 2.34. The van der Waals surface area contributed by atoms with Crippen LogP contribution in [0.2, 0.25) is 0 Å². The first-order chi connectivity index (χ1) is 18.0. The lowest BCUT2D eigenvalue weighted by molar-refractivity contribution is -0.0121. The molecular formula is C25H31N7O6. The molecule has 1 aliphatic rings. The summed E-state index contributed by atoms with van der Waals surface area (Å²) in [7, 11) is 4.51. The van der Waals surface area contributed by atoms with E-state index in [9.17, 15) is 24.6 Å². The van der Waals surface area contributed by atoms with Crippen molar-refractivity contribution in [2.75, 3.05) is 26.8 Å². The molecule has 1 fully saturated rings. The van der Waals surface area contributed by atoms with Crippen molar-refractivity contribution < 1.29 is 19.7 Å². The molecule has 5 rings (SSSR count). The largest absolute Gasteiger partial charge is 0.391 e. The number of likely N-dealkylation sites (tertiary alicyclic amines) is 1. The van der Waals surface area contributed by atoms with E-state index in [1.54, 1.807) is 32.5 Å². The maximum Gasteiger partial charge on any atom is 0.332 e. The van der Waals surface area contributed by atoms with Crippen molar-refractivity contribution in [3.63, 3.8) is 0 Å². The number of β-amino-alcohol motifs (C(OH)–C–C–N with tert-alkyl or cyclic N) is 2. The SMILES string of the molecule is COCCn1cnc2cc(C(=O)N3C[C@H](O)C[C@@H](n4cnc5c4c(=O)n(C)c(=O)n5C)[C@](C)(O)C3)ccc21. The Balaban J connectivity index is 1.48. The first kappa shape index (κ1) is 25.8. The van der Waals surface area contributed by atoms with Crippen molar-refractivity contribution in [2.24, 2.45) is 14.1 Å². The normalized spacial score (nSPS) is 22.3. The van der Waals surface area contributed by atoms with Crippen LogP contribution in [-0.4, -0.2) is 87.8 Å². The molecule has 1 aliphatic heterocycles. The number of aryl methyl sites for hydroxylation is 1. The van der Waals surface area contributed by atoms with E-state index >= 15 is 0 Å². The molecule has 1 amide bonds. The van der Waals surface area contributed by atoms with Crippen LogP contribution in [0.3, 0.4) is 0 Å². The number of carbonyl (C=O) groups excluding carboxylic acids is 1. The third kappa shape index (κ3) is 4.22. The van der Waals surface area contributed by atoms with Gasteiger partial charge < -0.3 is 29.0 Å². The van der Waals surface area contributed by atoms with E-state index in [1.807, 2.05) is 10.6 Å². The van der Waals surface area contributed by atoms with Crippen LogP contribution in [-0.2, 0) is 25.4 Å². The van der Waals surface area contributed by atoms with Gasteiger partial charge in [0.25, 0.3) is 11.5 Å². The van der Waals surface area contributed by atoms with Crippen LogP contribution >= 0.6 is 0 Å². The van der Waals surface area contributed by atoms with E-state index in [1.165, 1.54) is 34.5 Å². The number of amides is 1. The number of benzene rings is 1. The molecule has 0 aliphatic carbocycles. The standard InChI is InChI=1S/C25H31N7O6/c1-25(37)12-31(22(34)15-5-6-18-17(9-15)26-13-30(18)7-8-38-4)11-16(33)10-19(25)32-14-27-21-20(32)23(35)29(3)24(36)28(21)2/h5-6,9,13-14,16,19,33,37H,7-8,10-12H2,1-4H3/t16-,19-,25-/m1/s1. The average molecular weight is 526 g/mol. The van der Waals surface area contributed by atoms with Crippen molar-refractivity contribution >= 4 is 28.1 Å². The van der Waals surface area contributed by atoms with E-state index in [0.29, 0.717) is 24.2 Å². The Labute approximate surface area is 217 Å². The van der Waals surface area contributed by atoms with Gasteiger partial charge in [0.05, 0.1) is 49.0 Å². The smallest absolute Gasteiger partial charge is 0.332 e. The molecule has 13 nitrogen and oxygen atoms in total. The number of carbonyl (C=O) groups is 1. The van der Waals surface area contributed by atoms with Crippen LogP contribution in [0.25, 0.3) is 22.2 Å². The number of nitrogens with zero attached hydrogens (tertiary/aromatic N) is 7. The fourth-order valence-electron chi connectivity index (χ4n) is 5.31. The van der Waals surface area contributed by atoms with Crippen LogP contribution in [0.1, 0.15) is 29.7 Å². The van der Waals surface area contributed by atoms with E-state index in [2.05, 4.69) is 9.97 Å². The van der Waals surface area contributed by atoms with Gasteiger partial charge in [-0.25, -0.2) is 14.8 Å². The quantitative estimate of drug-likeness (QED) is 0.358. The number of fused-ring (bicyclic) bond motifs is 2. The second kappa shape index (κ2) is 9.49.